The monoisotopic (exact) mass is 287 g/mol. The van der Waals surface area contributed by atoms with Crippen molar-refractivity contribution in [2.75, 3.05) is 13.7 Å². The van der Waals surface area contributed by atoms with Gasteiger partial charge >= 0.3 is 0 Å². The summed E-state index contributed by atoms with van der Waals surface area (Å²) in [5, 5.41) is 32.6. The SMILES string of the molecule is COc1ccc2c(c1O)CNCC2c1ccc(O)c(O)c1. The van der Waals surface area contributed by atoms with Crippen molar-refractivity contribution < 1.29 is 20.1 Å². The predicted molar refractivity (Wildman–Crippen MR) is 78.0 cm³/mol. The van der Waals surface area contributed by atoms with E-state index >= 15 is 0 Å². The van der Waals surface area contributed by atoms with E-state index in [2.05, 4.69) is 5.32 Å². The second-order valence-electron chi connectivity index (χ2n) is 5.12. The number of benzene rings is 2. The topological polar surface area (TPSA) is 82.0 Å². The third kappa shape index (κ3) is 2.25. The first-order valence-electron chi connectivity index (χ1n) is 6.73. The van der Waals surface area contributed by atoms with Gasteiger partial charge in [-0.25, -0.2) is 0 Å². The minimum atomic E-state index is -0.141. The zero-order valence-electron chi connectivity index (χ0n) is 11.6. The molecule has 0 aromatic heterocycles. The number of ether oxygens (including phenoxy) is 1. The maximum absolute atomic E-state index is 10.2. The molecule has 0 bridgehead atoms. The van der Waals surface area contributed by atoms with E-state index in [-0.39, 0.29) is 23.2 Å². The highest BCUT2D eigenvalue weighted by molar-refractivity contribution is 5.55. The summed E-state index contributed by atoms with van der Waals surface area (Å²) in [6.45, 7) is 1.27. The Balaban J connectivity index is 2.08. The number of rotatable bonds is 2. The molecule has 1 unspecified atom stereocenters. The van der Waals surface area contributed by atoms with Gasteiger partial charge in [0.05, 0.1) is 7.11 Å². The van der Waals surface area contributed by atoms with Crippen molar-refractivity contribution in [1.29, 1.82) is 0 Å². The van der Waals surface area contributed by atoms with E-state index < -0.39 is 0 Å². The number of hydrogen-bond acceptors (Lipinski definition) is 5. The number of hydrogen-bond donors (Lipinski definition) is 4. The fourth-order valence-electron chi connectivity index (χ4n) is 2.81. The Morgan fingerprint density at radius 1 is 1.10 bits per heavy atom. The predicted octanol–water partition coefficient (Wildman–Crippen LogP) is 2.05. The van der Waals surface area contributed by atoms with Crippen LogP contribution in [0.4, 0.5) is 0 Å². The van der Waals surface area contributed by atoms with Crippen LogP contribution in [0.5, 0.6) is 23.0 Å². The Bertz CT molecular complexity index is 684. The highest BCUT2D eigenvalue weighted by atomic mass is 16.5. The molecule has 1 aliphatic rings. The number of aromatic hydroxyl groups is 3. The van der Waals surface area contributed by atoms with Gasteiger partial charge < -0.3 is 25.4 Å². The summed E-state index contributed by atoms with van der Waals surface area (Å²) in [6, 6.07) is 8.48. The molecular formula is C16H17NO4. The first kappa shape index (κ1) is 13.6. The second-order valence-corrected chi connectivity index (χ2v) is 5.12. The summed E-state index contributed by atoms with van der Waals surface area (Å²) >= 11 is 0. The van der Waals surface area contributed by atoms with Crippen molar-refractivity contribution in [1.82, 2.24) is 5.32 Å². The number of methoxy groups -OCH3 is 1. The van der Waals surface area contributed by atoms with Gasteiger partial charge in [-0.3, -0.25) is 0 Å². The van der Waals surface area contributed by atoms with Gasteiger partial charge in [0.1, 0.15) is 0 Å². The van der Waals surface area contributed by atoms with Crippen molar-refractivity contribution in [3.8, 4) is 23.0 Å². The van der Waals surface area contributed by atoms with Crippen LogP contribution in [0.1, 0.15) is 22.6 Å². The minimum Gasteiger partial charge on any atom is -0.504 e. The zero-order chi connectivity index (χ0) is 15.0. The Kier molecular flexibility index (Phi) is 3.35. The lowest BCUT2D eigenvalue weighted by molar-refractivity contribution is 0.367. The van der Waals surface area contributed by atoms with Gasteiger partial charge in [0.15, 0.2) is 23.0 Å². The van der Waals surface area contributed by atoms with E-state index in [9.17, 15) is 15.3 Å². The normalized spacial score (nSPS) is 17.3. The van der Waals surface area contributed by atoms with E-state index in [1.165, 1.54) is 13.2 Å². The Morgan fingerprint density at radius 3 is 2.62 bits per heavy atom. The molecule has 0 spiro atoms. The second kappa shape index (κ2) is 5.18. The van der Waals surface area contributed by atoms with Crippen LogP contribution in [0.2, 0.25) is 0 Å². The average Bonchev–Trinajstić information content (AvgIpc) is 2.50. The van der Waals surface area contributed by atoms with Crippen LogP contribution in [-0.4, -0.2) is 29.0 Å². The van der Waals surface area contributed by atoms with E-state index in [4.69, 9.17) is 4.74 Å². The summed E-state index contributed by atoms with van der Waals surface area (Å²) in [5.74, 6) is 0.315. The molecule has 0 aliphatic carbocycles. The molecule has 0 fully saturated rings. The van der Waals surface area contributed by atoms with Gasteiger partial charge in [0, 0.05) is 24.6 Å². The molecule has 0 radical (unpaired) electrons. The smallest absolute Gasteiger partial charge is 0.162 e. The fraction of sp³-hybridized carbons (Fsp3) is 0.250. The average molecular weight is 287 g/mol. The van der Waals surface area contributed by atoms with Gasteiger partial charge in [0.25, 0.3) is 0 Å². The van der Waals surface area contributed by atoms with Crippen LogP contribution in [0, 0.1) is 0 Å². The number of phenolic OH excluding ortho intramolecular Hbond substituents is 3. The third-order valence-corrected chi connectivity index (χ3v) is 3.93. The number of nitrogens with one attached hydrogen (secondary N) is 1. The van der Waals surface area contributed by atoms with E-state index in [1.54, 1.807) is 18.2 Å². The molecule has 4 N–H and O–H groups in total. The van der Waals surface area contributed by atoms with Crippen molar-refractivity contribution in [2.45, 2.75) is 12.5 Å². The van der Waals surface area contributed by atoms with Crippen molar-refractivity contribution in [3.05, 3.63) is 47.0 Å². The summed E-state index contributed by atoms with van der Waals surface area (Å²) in [4.78, 5) is 0. The molecule has 2 aromatic rings. The maximum Gasteiger partial charge on any atom is 0.162 e. The summed E-state index contributed by atoms with van der Waals surface area (Å²) in [5.41, 5.74) is 2.68. The Hall–Kier alpha value is -2.40. The Labute approximate surface area is 122 Å². The van der Waals surface area contributed by atoms with Crippen molar-refractivity contribution in [2.24, 2.45) is 0 Å². The van der Waals surface area contributed by atoms with Gasteiger partial charge in [-0.05, 0) is 29.3 Å². The molecule has 2 aromatic carbocycles. The molecule has 110 valence electrons. The van der Waals surface area contributed by atoms with Crippen LogP contribution in [0.15, 0.2) is 30.3 Å². The highest BCUT2D eigenvalue weighted by Gasteiger charge is 2.25. The molecule has 5 nitrogen and oxygen atoms in total. The molecule has 1 atom stereocenters. The van der Waals surface area contributed by atoms with Gasteiger partial charge in [0.2, 0.25) is 0 Å². The lowest BCUT2D eigenvalue weighted by Gasteiger charge is -2.28. The van der Waals surface area contributed by atoms with E-state index in [0.717, 1.165) is 16.7 Å². The molecular weight excluding hydrogens is 270 g/mol. The highest BCUT2D eigenvalue weighted by Crippen LogP contribution is 2.40. The lowest BCUT2D eigenvalue weighted by Crippen LogP contribution is -2.28. The largest absolute Gasteiger partial charge is 0.504 e. The first-order chi connectivity index (χ1) is 10.1. The molecule has 0 amide bonds. The standard InChI is InChI=1S/C16H17NO4/c1-21-15-5-3-10-11(7-17-8-12(10)16(15)20)9-2-4-13(18)14(19)6-9/h2-6,11,17-20H,7-8H2,1H3. The fourth-order valence-corrected chi connectivity index (χ4v) is 2.81. The zero-order valence-corrected chi connectivity index (χ0v) is 11.6. The molecule has 5 heteroatoms. The van der Waals surface area contributed by atoms with E-state index in [0.29, 0.717) is 18.8 Å². The summed E-state index contributed by atoms with van der Waals surface area (Å²) in [6.07, 6.45) is 0. The van der Waals surface area contributed by atoms with Crippen LogP contribution in [-0.2, 0) is 6.54 Å². The minimum absolute atomic E-state index is 0.00273. The van der Waals surface area contributed by atoms with Crippen molar-refractivity contribution >= 4 is 0 Å². The quantitative estimate of drug-likeness (QED) is 0.636. The summed E-state index contributed by atoms with van der Waals surface area (Å²) in [7, 11) is 1.52. The van der Waals surface area contributed by atoms with Crippen LogP contribution < -0.4 is 10.1 Å². The van der Waals surface area contributed by atoms with Crippen LogP contribution >= 0.6 is 0 Å². The molecule has 0 saturated heterocycles. The number of phenols is 3. The molecule has 1 aliphatic heterocycles. The van der Waals surface area contributed by atoms with Gasteiger partial charge in [-0.15, -0.1) is 0 Å². The molecule has 3 rings (SSSR count). The van der Waals surface area contributed by atoms with Crippen LogP contribution in [0.25, 0.3) is 0 Å². The molecule has 0 saturated carbocycles. The van der Waals surface area contributed by atoms with Gasteiger partial charge in [-0.1, -0.05) is 12.1 Å². The van der Waals surface area contributed by atoms with Gasteiger partial charge in [-0.2, -0.15) is 0 Å². The van der Waals surface area contributed by atoms with Crippen LogP contribution in [0.3, 0.4) is 0 Å². The lowest BCUT2D eigenvalue weighted by atomic mass is 9.85. The summed E-state index contributed by atoms with van der Waals surface area (Å²) < 4.78 is 5.14. The number of fused-ring (bicyclic) bond motifs is 1. The maximum atomic E-state index is 10.2. The van der Waals surface area contributed by atoms with Crippen molar-refractivity contribution in [3.63, 3.8) is 0 Å². The molecule has 21 heavy (non-hydrogen) atoms. The third-order valence-electron chi connectivity index (χ3n) is 3.93. The Morgan fingerprint density at radius 2 is 1.90 bits per heavy atom. The molecule has 1 heterocycles. The first-order valence-corrected chi connectivity index (χ1v) is 6.73. The van der Waals surface area contributed by atoms with E-state index in [1.807, 2.05) is 6.07 Å².